The van der Waals surface area contributed by atoms with Crippen LogP contribution in [0.1, 0.15) is 39.0 Å². The highest BCUT2D eigenvalue weighted by molar-refractivity contribution is 5.81. The van der Waals surface area contributed by atoms with Gasteiger partial charge in [0.1, 0.15) is 0 Å². The van der Waals surface area contributed by atoms with Crippen LogP contribution < -0.4 is 0 Å². The van der Waals surface area contributed by atoms with Crippen molar-refractivity contribution in [1.82, 2.24) is 0 Å². The minimum atomic E-state index is -0.455. The molecule has 1 fully saturated rings. The molecule has 0 aromatic carbocycles. The number of ether oxygens (including phenoxy) is 2. The van der Waals surface area contributed by atoms with Crippen LogP contribution in [0.2, 0.25) is 0 Å². The van der Waals surface area contributed by atoms with Crippen molar-refractivity contribution in [3.8, 4) is 0 Å². The molecule has 1 unspecified atom stereocenters. The molecule has 0 amide bonds. The molecule has 0 aromatic rings. The summed E-state index contributed by atoms with van der Waals surface area (Å²) >= 11 is 0. The van der Waals surface area contributed by atoms with Gasteiger partial charge in [0.15, 0.2) is 0 Å². The Kier molecular flexibility index (Phi) is 4.66. The Labute approximate surface area is 85.1 Å². The molecule has 1 atom stereocenters. The number of hydrogen-bond donors (Lipinski definition) is 0. The van der Waals surface area contributed by atoms with Crippen molar-refractivity contribution < 1.29 is 14.3 Å². The normalized spacial score (nSPS) is 20.1. The minimum Gasteiger partial charge on any atom is -0.433 e. The predicted molar refractivity (Wildman–Crippen MR) is 53.7 cm³/mol. The molecule has 0 aromatic heterocycles. The predicted octanol–water partition coefficient (Wildman–Crippen LogP) is 2.41. The summed E-state index contributed by atoms with van der Waals surface area (Å²) in [7, 11) is 0. The van der Waals surface area contributed by atoms with Crippen molar-refractivity contribution >= 4 is 5.97 Å². The second-order valence-corrected chi connectivity index (χ2v) is 3.60. The van der Waals surface area contributed by atoms with E-state index in [4.69, 9.17) is 9.47 Å². The molecule has 80 valence electrons. The van der Waals surface area contributed by atoms with Gasteiger partial charge < -0.3 is 9.47 Å². The lowest BCUT2D eigenvalue weighted by molar-refractivity contribution is -0.182. The first kappa shape index (κ1) is 11.2. The van der Waals surface area contributed by atoms with Crippen LogP contribution in [0.15, 0.2) is 12.7 Å². The van der Waals surface area contributed by atoms with E-state index >= 15 is 0 Å². The third-order valence-corrected chi connectivity index (χ3v) is 2.39. The summed E-state index contributed by atoms with van der Waals surface area (Å²) in [6.07, 6.45) is 6.84. The zero-order valence-corrected chi connectivity index (χ0v) is 8.70. The molecule has 3 heteroatoms. The van der Waals surface area contributed by atoms with E-state index in [-0.39, 0.29) is 6.10 Å². The third-order valence-electron chi connectivity index (χ3n) is 2.39. The number of carbonyl (C=O) groups is 1. The summed E-state index contributed by atoms with van der Waals surface area (Å²) in [6, 6.07) is 0. The van der Waals surface area contributed by atoms with E-state index in [9.17, 15) is 4.79 Å². The molecule has 0 spiro atoms. The minimum absolute atomic E-state index is 0.261. The highest BCUT2D eigenvalue weighted by atomic mass is 16.7. The molecule has 1 aliphatic carbocycles. The third kappa shape index (κ3) is 3.92. The SMILES string of the molecule is C=CC(=O)OC(C)OC1CCCCC1. The van der Waals surface area contributed by atoms with Crippen molar-refractivity contribution in [1.29, 1.82) is 0 Å². The van der Waals surface area contributed by atoms with E-state index in [1.54, 1.807) is 6.92 Å². The van der Waals surface area contributed by atoms with Crippen molar-refractivity contribution in [2.24, 2.45) is 0 Å². The van der Waals surface area contributed by atoms with Crippen LogP contribution in [0.25, 0.3) is 0 Å². The zero-order valence-electron chi connectivity index (χ0n) is 8.70. The van der Waals surface area contributed by atoms with Crippen LogP contribution in [0.4, 0.5) is 0 Å². The zero-order chi connectivity index (χ0) is 10.4. The van der Waals surface area contributed by atoms with Crippen molar-refractivity contribution in [2.75, 3.05) is 0 Å². The average molecular weight is 198 g/mol. The molecule has 14 heavy (non-hydrogen) atoms. The van der Waals surface area contributed by atoms with E-state index in [0.29, 0.717) is 0 Å². The van der Waals surface area contributed by atoms with Crippen molar-refractivity contribution in [3.05, 3.63) is 12.7 Å². The Morgan fingerprint density at radius 3 is 2.64 bits per heavy atom. The Balaban J connectivity index is 2.21. The van der Waals surface area contributed by atoms with E-state index in [1.165, 1.54) is 19.3 Å². The van der Waals surface area contributed by atoms with Gasteiger partial charge in [-0.15, -0.1) is 0 Å². The fraction of sp³-hybridized carbons (Fsp3) is 0.727. The molecule has 0 saturated heterocycles. The largest absolute Gasteiger partial charge is 0.433 e. The summed E-state index contributed by atoms with van der Waals surface area (Å²) in [6.45, 7) is 5.08. The second kappa shape index (κ2) is 5.81. The van der Waals surface area contributed by atoms with Crippen LogP contribution in [0.5, 0.6) is 0 Å². The molecular formula is C11H18O3. The topological polar surface area (TPSA) is 35.5 Å². The van der Waals surface area contributed by atoms with Crippen molar-refractivity contribution in [3.63, 3.8) is 0 Å². The monoisotopic (exact) mass is 198 g/mol. The van der Waals surface area contributed by atoms with Crippen LogP contribution in [0, 0.1) is 0 Å². The quantitative estimate of drug-likeness (QED) is 0.395. The summed E-state index contributed by atoms with van der Waals surface area (Å²) in [5.74, 6) is -0.423. The molecule has 1 rings (SSSR count). The lowest BCUT2D eigenvalue weighted by atomic mass is 9.98. The maximum Gasteiger partial charge on any atom is 0.332 e. The highest BCUT2D eigenvalue weighted by Gasteiger charge is 2.17. The molecular weight excluding hydrogens is 180 g/mol. The van der Waals surface area contributed by atoms with Gasteiger partial charge in [0.2, 0.25) is 6.29 Å². The van der Waals surface area contributed by atoms with E-state index in [0.717, 1.165) is 18.9 Å². The first-order valence-corrected chi connectivity index (χ1v) is 5.21. The molecule has 0 N–H and O–H groups in total. The highest BCUT2D eigenvalue weighted by Crippen LogP contribution is 2.21. The van der Waals surface area contributed by atoms with E-state index in [2.05, 4.69) is 6.58 Å². The molecule has 0 radical (unpaired) electrons. The second-order valence-electron chi connectivity index (χ2n) is 3.60. The van der Waals surface area contributed by atoms with Gasteiger partial charge in [-0.25, -0.2) is 4.79 Å². The maximum absolute atomic E-state index is 10.8. The molecule has 1 aliphatic rings. The van der Waals surface area contributed by atoms with Crippen LogP contribution in [-0.2, 0) is 14.3 Å². The van der Waals surface area contributed by atoms with Gasteiger partial charge in [-0.05, 0) is 19.8 Å². The van der Waals surface area contributed by atoms with E-state index in [1.807, 2.05) is 0 Å². The molecule has 0 aliphatic heterocycles. The van der Waals surface area contributed by atoms with Gasteiger partial charge in [-0.1, -0.05) is 25.8 Å². The van der Waals surface area contributed by atoms with Crippen molar-refractivity contribution in [2.45, 2.75) is 51.4 Å². The van der Waals surface area contributed by atoms with Crippen LogP contribution in [-0.4, -0.2) is 18.4 Å². The standard InChI is InChI=1S/C11H18O3/c1-3-11(12)14-9(2)13-10-7-5-4-6-8-10/h3,9-10H,1,4-8H2,2H3. The van der Waals surface area contributed by atoms with Gasteiger partial charge in [-0.3, -0.25) is 0 Å². The maximum atomic E-state index is 10.8. The lowest BCUT2D eigenvalue weighted by Crippen LogP contribution is -2.25. The van der Waals surface area contributed by atoms with Gasteiger partial charge in [0, 0.05) is 6.08 Å². The number of rotatable bonds is 4. The summed E-state index contributed by atoms with van der Waals surface area (Å²) < 4.78 is 10.5. The Morgan fingerprint density at radius 1 is 1.43 bits per heavy atom. The van der Waals surface area contributed by atoms with Gasteiger partial charge in [-0.2, -0.15) is 0 Å². The summed E-state index contributed by atoms with van der Waals surface area (Å²) in [5, 5.41) is 0. The Bertz CT molecular complexity index is 195. The number of carbonyl (C=O) groups excluding carboxylic acids is 1. The fourth-order valence-corrected chi connectivity index (χ4v) is 1.71. The Morgan fingerprint density at radius 2 is 2.07 bits per heavy atom. The molecule has 3 nitrogen and oxygen atoms in total. The van der Waals surface area contributed by atoms with Gasteiger partial charge in [0.05, 0.1) is 6.10 Å². The molecule has 0 heterocycles. The molecule has 1 saturated carbocycles. The number of hydrogen-bond acceptors (Lipinski definition) is 3. The summed E-state index contributed by atoms with van der Waals surface area (Å²) in [5.41, 5.74) is 0. The van der Waals surface area contributed by atoms with Crippen LogP contribution >= 0.6 is 0 Å². The average Bonchev–Trinajstić information content (AvgIpc) is 2.19. The number of esters is 1. The summed E-state index contributed by atoms with van der Waals surface area (Å²) in [4.78, 5) is 10.8. The van der Waals surface area contributed by atoms with Crippen LogP contribution in [0.3, 0.4) is 0 Å². The van der Waals surface area contributed by atoms with Gasteiger partial charge >= 0.3 is 5.97 Å². The molecule has 0 bridgehead atoms. The van der Waals surface area contributed by atoms with E-state index < -0.39 is 12.3 Å². The first-order chi connectivity index (χ1) is 6.72. The smallest absolute Gasteiger partial charge is 0.332 e. The van der Waals surface area contributed by atoms with Gasteiger partial charge in [0.25, 0.3) is 0 Å². The lowest BCUT2D eigenvalue weighted by Gasteiger charge is -2.25. The Hall–Kier alpha value is -0.830. The first-order valence-electron chi connectivity index (χ1n) is 5.21. The fourth-order valence-electron chi connectivity index (χ4n) is 1.71.